The average Bonchev–Trinajstić information content (AvgIpc) is 3.03. The van der Waals surface area contributed by atoms with E-state index in [-0.39, 0.29) is 5.91 Å². The molecule has 1 N–H and O–H groups in total. The molecule has 102 valence electrons. The highest BCUT2D eigenvalue weighted by molar-refractivity contribution is 8.19. The van der Waals surface area contributed by atoms with E-state index >= 15 is 0 Å². The van der Waals surface area contributed by atoms with E-state index in [4.69, 9.17) is 0 Å². The van der Waals surface area contributed by atoms with E-state index in [0.29, 0.717) is 10.1 Å². The summed E-state index contributed by atoms with van der Waals surface area (Å²) in [6, 6.07) is 11.5. The first-order chi connectivity index (χ1) is 9.83. The molecule has 20 heavy (non-hydrogen) atoms. The number of amides is 1. The predicted molar refractivity (Wildman–Crippen MR) is 86.3 cm³/mol. The number of hydrogen-bond acceptors (Lipinski definition) is 4. The Morgan fingerprint density at radius 3 is 2.65 bits per heavy atom. The molecule has 0 radical (unpaired) electrons. The fourth-order valence-corrected chi connectivity index (χ4v) is 4.86. The van der Waals surface area contributed by atoms with Gasteiger partial charge in [-0.2, -0.15) is 0 Å². The van der Waals surface area contributed by atoms with Crippen LogP contribution in [0.15, 0.2) is 48.8 Å². The lowest BCUT2D eigenvalue weighted by Crippen LogP contribution is -2.11. The summed E-state index contributed by atoms with van der Waals surface area (Å²) in [5.74, 6) is 2.29. The van der Waals surface area contributed by atoms with Crippen molar-refractivity contribution < 1.29 is 4.79 Å². The van der Waals surface area contributed by atoms with Gasteiger partial charge in [-0.3, -0.25) is 9.78 Å². The highest BCUT2D eigenvalue weighted by atomic mass is 32.2. The molecular formula is C15H14N2OS2. The minimum atomic E-state index is -0.101. The van der Waals surface area contributed by atoms with Crippen molar-refractivity contribution in [2.75, 3.05) is 16.8 Å². The van der Waals surface area contributed by atoms with Gasteiger partial charge in [0, 0.05) is 35.2 Å². The number of nitrogens with zero attached hydrogens (tertiary/aromatic N) is 1. The Bertz CT molecular complexity index is 598. The molecule has 0 unspecified atom stereocenters. The number of benzene rings is 1. The van der Waals surface area contributed by atoms with E-state index in [9.17, 15) is 4.79 Å². The van der Waals surface area contributed by atoms with Gasteiger partial charge < -0.3 is 5.32 Å². The summed E-state index contributed by atoms with van der Waals surface area (Å²) >= 11 is 3.92. The Kier molecular flexibility index (Phi) is 4.28. The zero-order valence-corrected chi connectivity index (χ0v) is 12.4. The molecule has 3 rings (SSSR count). The van der Waals surface area contributed by atoms with Gasteiger partial charge in [0.1, 0.15) is 0 Å². The van der Waals surface area contributed by atoms with Gasteiger partial charge in [-0.05, 0) is 29.8 Å². The topological polar surface area (TPSA) is 42.0 Å². The lowest BCUT2D eigenvalue weighted by atomic mass is 10.2. The maximum atomic E-state index is 12.1. The monoisotopic (exact) mass is 302 g/mol. The van der Waals surface area contributed by atoms with E-state index in [0.717, 1.165) is 5.69 Å². The number of hydrogen-bond donors (Lipinski definition) is 1. The van der Waals surface area contributed by atoms with E-state index in [1.807, 2.05) is 35.7 Å². The lowest BCUT2D eigenvalue weighted by molar-refractivity contribution is 0.102. The van der Waals surface area contributed by atoms with Crippen LogP contribution in [-0.4, -0.2) is 22.4 Å². The molecular weight excluding hydrogens is 288 g/mol. The second kappa shape index (κ2) is 6.33. The van der Waals surface area contributed by atoms with Gasteiger partial charge in [-0.15, -0.1) is 23.5 Å². The maximum Gasteiger partial charge on any atom is 0.255 e. The predicted octanol–water partition coefficient (Wildman–Crippen LogP) is 3.81. The third-order valence-corrected chi connectivity index (χ3v) is 6.09. The summed E-state index contributed by atoms with van der Waals surface area (Å²) in [7, 11) is 0. The van der Waals surface area contributed by atoms with Crippen LogP contribution in [0, 0.1) is 0 Å². The van der Waals surface area contributed by atoms with Gasteiger partial charge >= 0.3 is 0 Å². The van der Waals surface area contributed by atoms with Crippen LogP contribution >= 0.6 is 23.5 Å². The van der Waals surface area contributed by atoms with Crippen LogP contribution in [0.25, 0.3) is 0 Å². The van der Waals surface area contributed by atoms with Gasteiger partial charge in [0.2, 0.25) is 0 Å². The highest BCUT2D eigenvalue weighted by Gasteiger charge is 2.18. The molecule has 0 bridgehead atoms. The first kappa shape index (κ1) is 13.5. The first-order valence-corrected chi connectivity index (χ1v) is 8.47. The molecule has 1 amide bonds. The van der Waals surface area contributed by atoms with Crippen molar-refractivity contribution in [2.24, 2.45) is 0 Å². The van der Waals surface area contributed by atoms with Crippen molar-refractivity contribution in [3.05, 3.63) is 59.9 Å². The minimum absolute atomic E-state index is 0.101. The molecule has 1 aliphatic rings. The fourth-order valence-electron chi connectivity index (χ4n) is 2.02. The highest BCUT2D eigenvalue weighted by Crippen LogP contribution is 2.45. The normalized spacial score (nSPS) is 15.2. The van der Waals surface area contributed by atoms with Crippen LogP contribution in [0.5, 0.6) is 0 Å². The number of aromatic nitrogens is 1. The van der Waals surface area contributed by atoms with Gasteiger partial charge in [-0.25, -0.2) is 0 Å². The third-order valence-electron chi connectivity index (χ3n) is 2.98. The standard InChI is InChI=1S/C15H14N2OS2/c18-14(11-4-6-16-7-5-11)17-13-3-1-2-12(10-13)15-19-8-9-20-15/h1-7,10,15H,8-9H2,(H,17,18). The van der Waals surface area contributed by atoms with E-state index in [1.54, 1.807) is 24.5 Å². The Balaban J connectivity index is 1.74. The molecule has 1 fully saturated rings. The molecule has 2 aromatic rings. The van der Waals surface area contributed by atoms with Gasteiger partial charge in [-0.1, -0.05) is 12.1 Å². The van der Waals surface area contributed by atoms with Gasteiger partial charge in [0.15, 0.2) is 0 Å². The van der Waals surface area contributed by atoms with Crippen LogP contribution in [0.4, 0.5) is 5.69 Å². The quantitative estimate of drug-likeness (QED) is 0.936. The Morgan fingerprint density at radius 1 is 1.15 bits per heavy atom. The molecule has 0 atom stereocenters. The number of carbonyl (C=O) groups is 1. The average molecular weight is 302 g/mol. The smallest absolute Gasteiger partial charge is 0.255 e. The molecule has 5 heteroatoms. The number of rotatable bonds is 3. The zero-order chi connectivity index (χ0) is 13.8. The van der Waals surface area contributed by atoms with Gasteiger partial charge in [0.25, 0.3) is 5.91 Å². The molecule has 0 saturated carbocycles. The Hall–Kier alpha value is -1.46. The second-order valence-corrected chi connectivity index (χ2v) is 7.11. The number of nitrogens with one attached hydrogen (secondary N) is 1. The molecule has 1 saturated heterocycles. The van der Waals surface area contributed by atoms with Crippen molar-refractivity contribution >= 4 is 35.1 Å². The Morgan fingerprint density at radius 2 is 1.90 bits per heavy atom. The Labute approximate surface area is 126 Å². The summed E-state index contributed by atoms with van der Waals surface area (Å²) in [5.41, 5.74) is 2.73. The SMILES string of the molecule is O=C(Nc1cccc(C2SCCS2)c1)c1ccncc1. The molecule has 1 aromatic carbocycles. The summed E-state index contributed by atoms with van der Waals surface area (Å²) < 4.78 is 0.493. The van der Waals surface area contributed by atoms with Crippen molar-refractivity contribution in [1.82, 2.24) is 4.98 Å². The number of anilines is 1. The second-order valence-electron chi connectivity index (χ2n) is 4.39. The molecule has 3 nitrogen and oxygen atoms in total. The molecule has 2 heterocycles. The number of thioether (sulfide) groups is 2. The van der Waals surface area contributed by atoms with E-state index < -0.39 is 0 Å². The summed E-state index contributed by atoms with van der Waals surface area (Å²) in [5, 5.41) is 2.94. The van der Waals surface area contributed by atoms with Crippen LogP contribution in [-0.2, 0) is 0 Å². The van der Waals surface area contributed by atoms with Crippen molar-refractivity contribution in [3.63, 3.8) is 0 Å². The van der Waals surface area contributed by atoms with E-state index in [2.05, 4.69) is 22.4 Å². The zero-order valence-electron chi connectivity index (χ0n) is 10.8. The molecule has 0 spiro atoms. The molecule has 1 aliphatic heterocycles. The van der Waals surface area contributed by atoms with Gasteiger partial charge in [0.05, 0.1) is 4.58 Å². The van der Waals surface area contributed by atoms with Crippen LogP contribution in [0.1, 0.15) is 20.5 Å². The summed E-state index contributed by atoms with van der Waals surface area (Å²) in [6.45, 7) is 0. The third kappa shape index (κ3) is 3.16. The van der Waals surface area contributed by atoms with Crippen molar-refractivity contribution in [2.45, 2.75) is 4.58 Å². The summed E-state index contributed by atoms with van der Waals surface area (Å²) in [6.07, 6.45) is 3.24. The molecule has 1 aromatic heterocycles. The summed E-state index contributed by atoms with van der Waals surface area (Å²) in [4.78, 5) is 16.0. The lowest BCUT2D eigenvalue weighted by Gasteiger charge is -2.11. The van der Waals surface area contributed by atoms with Crippen LogP contribution < -0.4 is 5.32 Å². The molecule has 0 aliphatic carbocycles. The fraction of sp³-hybridized carbons (Fsp3) is 0.200. The van der Waals surface area contributed by atoms with E-state index in [1.165, 1.54) is 17.1 Å². The maximum absolute atomic E-state index is 12.1. The van der Waals surface area contributed by atoms with Crippen LogP contribution in [0.2, 0.25) is 0 Å². The number of carbonyl (C=O) groups excluding carboxylic acids is 1. The first-order valence-electron chi connectivity index (χ1n) is 6.37. The van der Waals surface area contributed by atoms with Crippen LogP contribution in [0.3, 0.4) is 0 Å². The largest absolute Gasteiger partial charge is 0.322 e. The van der Waals surface area contributed by atoms with Crippen molar-refractivity contribution in [1.29, 1.82) is 0 Å². The minimum Gasteiger partial charge on any atom is -0.322 e. The number of pyridine rings is 1. The van der Waals surface area contributed by atoms with Crippen molar-refractivity contribution in [3.8, 4) is 0 Å².